The zero-order valence-electron chi connectivity index (χ0n) is 9.04. The lowest BCUT2D eigenvalue weighted by Crippen LogP contribution is -2.20. The Balaban J connectivity index is 2.34. The molecule has 0 aliphatic heterocycles. The van der Waals surface area contributed by atoms with Gasteiger partial charge in [-0.05, 0) is 19.4 Å². The van der Waals surface area contributed by atoms with E-state index in [-0.39, 0.29) is 0 Å². The third kappa shape index (κ3) is 1.54. The zero-order valence-corrected chi connectivity index (χ0v) is 9.04. The summed E-state index contributed by atoms with van der Waals surface area (Å²) in [6.45, 7) is 6.59. The highest BCUT2D eigenvalue weighted by Crippen LogP contribution is 2.33. The molecule has 0 heterocycles. The number of benzene rings is 1. The topological polar surface area (TPSA) is 12.0 Å². The fourth-order valence-electron chi connectivity index (χ4n) is 2.01. The molecule has 1 aliphatic carbocycles. The maximum Gasteiger partial charge on any atom is 0.0384 e. The van der Waals surface area contributed by atoms with Crippen LogP contribution in [0.3, 0.4) is 0 Å². The molecule has 0 saturated carbocycles. The van der Waals surface area contributed by atoms with Crippen LogP contribution in [-0.2, 0) is 0 Å². The molecule has 1 aliphatic rings. The molecule has 0 amide bonds. The van der Waals surface area contributed by atoms with Crippen molar-refractivity contribution in [2.24, 2.45) is 0 Å². The van der Waals surface area contributed by atoms with E-state index in [9.17, 15) is 0 Å². The number of hydrogen-bond acceptors (Lipinski definition) is 1. The van der Waals surface area contributed by atoms with Gasteiger partial charge in [0.25, 0.3) is 0 Å². The molecule has 1 atom stereocenters. The van der Waals surface area contributed by atoms with Gasteiger partial charge >= 0.3 is 0 Å². The van der Waals surface area contributed by atoms with Crippen LogP contribution in [0.15, 0.2) is 30.3 Å². The summed E-state index contributed by atoms with van der Waals surface area (Å²) < 4.78 is 0. The molecule has 0 saturated heterocycles. The lowest BCUT2D eigenvalue weighted by atomic mass is 10.0. The van der Waals surface area contributed by atoms with Gasteiger partial charge in [-0.1, -0.05) is 37.3 Å². The first-order valence-corrected chi connectivity index (χ1v) is 5.26. The summed E-state index contributed by atoms with van der Waals surface area (Å²) in [4.78, 5) is 0. The first kappa shape index (κ1) is 9.32. The van der Waals surface area contributed by atoms with Crippen LogP contribution in [-0.4, -0.2) is 6.04 Å². The summed E-state index contributed by atoms with van der Waals surface area (Å²) in [5, 5.41) is 3.49. The third-order valence-corrected chi connectivity index (χ3v) is 2.60. The third-order valence-electron chi connectivity index (χ3n) is 2.60. The second kappa shape index (κ2) is 3.49. The average Bonchev–Trinajstić information content (AvgIpc) is 2.44. The van der Waals surface area contributed by atoms with E-state index in [0.29, 0.717) is 12.0 Å². The number of rotatable bonds is 2. The Morgan fingerprint density at radius 3 is 2.64 bits per heavy atom. The van der Waals surface area contributed by atoms with Crippen LogP contribution >= 0.6 is 0 Å². The molecular formula is C13H17N. The molecule has 0 radical (unpaired) electrons. The highest BCUT2D eigenvalue weighted by atomic mass is 14.9. The van der Waals surface area contributed by atoms with Crippen LogP contribution in [0.25, 0.3) is 5.70 Å². The van der Waals surface area contributed by atoms with Gasteiger partial charge in [-0.15, -0.1) is 0 Å². The minimum atomic E-state index is 0.500. The van der Waals surface area contributed by atoms with Crippen molar-refractivity contribution >= 4 is 5.70 Å². The van der Waals surface area contributed by atoms with E-state index >= 15 is 0 Å². The Kier molecular flexibility index (Phi) is 2.32. The second-order valence-corrected chi connectivity index (χ2v) is 4.26. The molecule has 0 fully saturated rings. The fourth-order valence-corrected chi connectivity index (χ4v) is 2.01. The predicted octanol–water partition coefficient (Wildman–Crippen LogP) is 3.14. The van der Waals surface area contributed by atoms with Gasteiger partial charge in [-0.3, -0.25) is 0 Å². The van der Waals surface area contributed by atoms with Crippen molar-refractivity contribution in [3.63, 3.8) is 0 Å². The van der Waals surface area contributed by atoms with Crippen molar-refractivity contribution in [2.75, 3.05) is 0 Å². The quantitative estimate of drug-likeness (QED) is 0.750. The van der Waals surface area contributed by atoms with Crippen LogP contribution in [0.2, 0.25) is 0 Å². The van der Waals surface area contributed by atoms with E-state index in [0.717, 1.165) is 0 Å². The molecule has 1 nitrogen and oxygen atoms in total. The van der Waals surface area contributed by atoms with Crippen molar-refractivity contribution < 1.29 is 0 Å². The Hall–Kier alpha value is -1.24. The predicted molar refractivity (Wildman–Crippen MR) is 61.1 cm³/mol. The van der Waals surface area contributed by atoms with Gasteiger partial charge in [-0.2, -0.15) is 0 Å². The van der Waals surface area contributed by atoms with Crippen molar-refractivity contribution in [1.29, 1.82) is 0 Å². The van der Waals surface area contributed by atoms with Gasteiger partial charge in [-0.25, -0.2) is 0 Å². The Bertz CT molecular complexity index is 363. The highest BCUT2D eigenvalue weighted by molar-refractivity contribution is 5.73. The Labute approximate surface area is 85.8 Å². The van der Waals surface area contributed by atoms with Crippen molar-refractivity contribution in [1.82, 2.24) is 5.32 Å². The molecule has 0 aromatic heterocycles. The maximum absolute atomic E-state index is 3.49. The molecular weight excluding hydrogens is 170 g/mol. The average molecular weight is 187 g/mol. The van der Waals surface area contributed by atoms with E-state index in [4.69, 9.17) is 0 Å². The van der Waals surface area contributed by atoms with E-state index in [1.54, 1.807) is 0 Å². The van der Waals surface area contributed by atoms with Crippen LogP contribution in [0.5, 0.6) is 0 Å². The second-order valence-electron chi connectivity index (χ2n) is 4.26. The molecule has 14 heavy (non-hydrogen) atoms. The lowest BCUT2D eigenvalue weighted by Gasteiger charge is -2.12. The smallest absolute Gasteiger partial charge is 0.0384 e. The monoisotopic (exact) mass is 187 g/mol. The van der Waals surface area contributed by atoms with Gasteiger partial charge in [0, 0.05) is 23.2 Å². The minimum absolute atomic E-state index is 0.500. The lowest BCUT2D eigenvalue weighted by molar-refractivity contribution is 0.717. The van der Waals surface area contributed by atoms with Gasteiger partial charge in [0.1, 0.15) is 0 Å². The molecule has 0 spiro atoms. The largest absolute Gasteiger partial charge is 0.383 e. The molecule has 0 unspecified atom stereocenters. The van der Waals surface area contributed by atoms with E-state index in [1.165, 1.54) is 16.8 Å². The van der Waals surface area contributed by atoms with Crippen LogP contribution in [0.1, 0.15) is 37.8 Å². The van der Waals surface area contributed by atoms with Gasteiger partial charge in [0.15, 0.2) is 0 Å². The van der Waals surface area contributed by atoms with E-state index < -0.39 is 0 Å². The Morgan fingerprint density at radius 1 is 1.21 bits per heavy atom. The van der Waals surface area contributed by atoms with Crippen molar-refractivity contribution in [3.05, 3.63) is 41.5 Å². The van der Waals surface area contributed by atoms with Crippen molar-refractivity contribution in [2.45, 2.75) is 32.7 Å². The van der Waals surface area contributed by atoms with Crippen LogP contribution in [0.4, 0.5) is 0 Å². The summed E-state index contributed by atoms with van der Waals surface area (Å²) in [7, 11) is 0. The first-order valence-electron chi connectivity index (χ1n) is 5.26. The van der Waals surface area contributed by atoms with Crippen molar-refractivity contribution in [3.8, 4) is 0 Å². The number of allylic oxidation sites excluding steroid dienone is 1. The summed E-state index contributed by atoms with van der Waals surface area (Å²) >= 11 is 0. The zero-order chi connectivity index (χ0) is 10.1. The van der Waals surface area contributed by atoms with Crippen LogP contribution in [0, 0.1) is 0 Å². The van der Waals surface area contributed by atoms with Gasteiger partial charge in [0.05, 0.1) is 0 Å². The standard InChI is InChI=1S/C13H17N/c1-9(2)14-13-8-10(3)11-6-4-5-7-12(11)13/h4-10,14H,1-3H3/t10-/m0/s1. The summed E-state index contributed by atoms with van der Waals surface area (Å²) in [6, 6.07) is 9.12. The highest BCUT2D eigenvalue weighted by Gasteiger charge is 2.19. The van der Waals surface area contributed by atoms with Crippen LogP contribution < -0.4 is 5.32 Å². The molecule has 1 N–H and O–H groups in total. The summed E-state index contributed by atoms with van der Waals surface area (Å²) in [6.07, 6.45) is 2.31. The minimum Gasteiger partial charge on any atom is -0.383 e. The first-order chi connectivity index (χ1) is 6.68. The normalized spacial score (nSPS) is 19.4. The molecule has 1 aromatic carbocycles. The van der Waals surface area contributed by atoms with Gasteiger partial charge in [0.2, 0.25) is 0 Å². The number of nitrogens with one attached hydrogen (secondary N) is 1. The maximum atomic E-state index is 3.49. The SMILES string of the molecule is CC(C)NC1=C[C@H](C)c2ccccc21. The number of fused-ring (bicyclic) bond motifs is 1. The van der Waals surface area contributed by atoms with E-state index in [1.807, 2.05) is 0 Å². The van der Waals surface area contributed by atoms with Gasteiger partial charge < -0.3 is 5.32 Å². The fraction of sp³-hybridized carbons (Fsp3) is 0.385. The molecule has 1 aromatic rings. The molecule has 2 rings (SSSR count). The molecule has 1 heteroatoms. The summed E-state index contributed by atoms with van der Waals surface area (Å²) in [5.41, 5.74) is 4.10. The van der Waals surface area contributed by atoms with E-state index in [2.05, 4.69) is 56.4 Å². The Morgan fingerprint density at radius 2 is 1.93 bits per heavy atom. The molecule has 74 valence electrons. The number of hydrogen-bond donors (Lipinski definition) is 1. The summed E-state index contributed by atoms with van der Waals surface area (Å²) in [5.74, 6) is 0.549. The molecule has 0 bridgehead atoms.